The van der Waals surface area contributed by atoms with E-state index in [-0.39, 0.29) is 6.92 Å². The molecule has 0 amide bonds. The highest BCUT2D eigenvalue weighted by molar-refractivity contribution is 5.87. The quantitative estimate of drug-likeness (QED) is 0.439. The number of hydrogen-bond acceptors (Lipinski definition) is 2. The molecule has 0 fully saturated rings. The fraction of sp³-hybridized carbons (Fsp3) is 0.667. The molecule has 0 aromatic rings. The smallest absolute Gasteiger partial charge is 0.393 e. The minimum Gasteiger partial charge on any atom is -0.393 e. The first-order chi connectivity index (χ1) is 7.77. The first kappa shape index (κ1) is 16.7. The van der Waals surface area contributed by atoms with E-state index < -0.39 is 35.7 Å². The molecular formula is C9H9F7O2. The summed E-state index contributed by atoms with van der Waals surface area (Å²) in [5, 5.41) is 0. The van der Waals surface area contributed by atoms with Crippen LogP contribution in [-0.4, -0.2) is 30.1 Å². The summed E-state index contributed by atoms with van der Waals surface area (Å²) in [5.74, 6) is -13.9. The Kier molecular flexibility index (Phi) is 4.43. The lowest BCUT2D eigenvalue weighted by atomic mass is 10.1. The number of rotatable bonds is 5. The highest BCUT2D eigenvalue weighted by Crippen LogP contribution is 2.48. The highest BCUT2D eigenvalue weighted by Gasteiger charge is 2.76. The maximum Gasteiger partial charge on any atom is 0.473 e. The summed E-state index contributed by atoms with van der Waals surface area (Å²) < 4.78 is 91.7. The monoisotopic (exact) mass is 282 g/mol. The number of esters is 1. The standard InChI is InChI=1S/C9H9F7O2/c1-4(2)6(17)18-9(15,16)8(13,14)7(11,12)5(3)10/h5H,1H2,2-3H3. The lowest BCUT2D eigenvalue weighted by Crippen LogP contribution is -2.59. The summed E-state index contributed by atoms with van der Waals surface area (Å²) in [6.45, 7) is 3.62. The molecule has 0 aliphatic carbocycles. The van der Waals surface area contributed by atoms with Gasteiger partial charge in [0.2, 0.25) is 0 Å². The number of halogens is 7. The first-order valence-electron chi connectivity index (χ1n) is 4.43. The lowest BCUT2D eigenvalue weighted by Gasteiger charge is -2.32. The summed E-state index contributed by atoms with van der Waals surface area (Å²) >= 11 is 0. The maximum absolute atomic E-state index is 12.8. The second-order valence-electron chi connectivity index (χ2n) is 3.50. The van der Waals surface area contributed by atoms with Crippen LogP contribution in [0.1, 0.15) is 13.8 Å². The zero-order chi connectivity index (χ0) is 14.9. The predicted octanol–water partition coefficient (Wildman–Crippen LogP) is 3.33. The van der Waals surface area contributed by atoms with E-state index in [4.69, 9.17) is 0 Å². The van der Waals surface area contributed by atoms with Crippen LogP contribution in [0.15, 0.2) is 12.2 Å². The Morgan fingerprint density at radius 3 is 1.83 bits per heavy atom. The molecule has 0 aliphatic rings. The molecule has 0 aromatic heterocycles. The molecule has 1 atom stereocenters. The van der Waals surface area contributed by atoms with Gasteiger partial charge in [0.1, 0.15) is 0 Å². The largest absolute Gasteiger partial charge is 0.473 e. The molecule has 0 saturated carbocycles. The van der Waals surface area contributed by atoms with Gasteiger partial charge in [-0.1, -0.05) is 6.58 Å². The summed E-state index contributed by atoms with van der Waals surface area (Å²) in [6, 6.07) is 0. The number of hydrogen-bond donors (Lipinski definition) is 0. The third-order valence-electron chi connectivity index (χ3n) is 1.85. The van der Waals surface area contributed by atoms with Crippen molar-refractivity contribution < 1.29 is 40.3 Å². The van der Waals surface area contributed by atoms with E-state index in [1.807, 2.05) is 0 Å². The van der Waals surface area contributed by atoms with Crippen LogP contribution in [0.25, 0.3) is 0 Å². The van der Waals surface area contributed by atoms with Crippen LogP contribution in [0, 0.1) is 0 Å². The van der Waals surface area contributed by atoms with Gasteiger partial charge in [-0.05, 0) is 13.8 Å². The SMILES string of the molecule is C=C(C)C(=O)OC(F)(F)C(F)(F)C(F)(F)C(C)F. The first-order valence-corrected chi connectivity index (χ1v) is 4.43. The summed E-state index contributed by atoms with van der Waals surface area (Å²) in [6.07, 6.45) is -9.44. The van der Waals surface area contributed by atoms with E-state index >= 15 is 0 Å². The molecular weight excluding hydrogens is 273 g/mol. The van der Waals surface area contributed by atoms with E-state index in [1.54, 1.807) is 0 Å². The van der Waals surface area contributed by atoms with Crippen LogP contribution in [-0.2, 0) is 9.53 Å². The zero-order valence-electron chi connectivity index (χ0n) is 9.25. The van der Waals surface area contributed by atoms with Crippen molar-refractivity contribution in [2.24, 2.45) is 0 Å². The van der Waals surface area contributed by atoms with E-state index in [2.05, 4.69) is 11.3 Å². The van der Waals surface area contributed by atoms with Crippen molar-refractivity contribution in [3.63, 3.8) is 0 Å². The average molecular weight is 282 g/mol. The molecule has 0 aliphatic heterocycles. The van der Waals surface area contributed by atoms with Crippen LogP contribution in [0.2, 0.25) is 0 Å². The molecule has 1 unspecified atom stereocenters. The van der Waals surface area contributed by atoms with Gasteiger partial charge in [0.15, 0.2) is 6.17 Å². The summed E-state index contributed by atoms with van der Waals surface area (Å²) in [5.41, 5.74) is -0.706. The minimum absolute atomic E-state index is 0.0233. The Morgan fingerprint density at radius 1 is 1.17 bits per heavy atom. The van der Waals surface area contributed by atoms with E-state index in [1.165, 1.54) is 0 Å². The fourth-order valence-electron chi connectivity index (χ4n) is 0.711. The van der Waals surface area contributed by atoms with E-state index in [0.29, 0.717) is 0 Å². The van der Waals surface area contributed by atoms with Gasteiger partial charge >= 0.3 is 23.9 Å². The molecule has 0 rings (SSSR count). The normalized spacial score (nSPS) is 15.2. The van der Waals surface area contributed by atoms with Crippen LogP contribution in [0.5, 0.6) is 0 Å². The van der Waals surface area contributed by atoms with Gasteiger partial charge in [-0.2, -0.15) is 26.3 Å². The van der Waals surface area contributed by atoms with Crippen molar-refractivity contribution in [3.05, 3.63) is 12.2 Å². The van der Waals surface area contributed by atoms with Crippen molar-refractivity contribution in [2.45, 2.75) is 38.0 Å². The Bertz CT molecular complexity index is 349. The number of alkyl halides is 7. The van der Waals surface area contributed by atoms with Gasteiger partial charge in [-0.3, -0.25) is 0 Å². The van der Waals surface area contributed by atoms with Crippen molar-refractivity contribution in [1.82, 2.24) is 0 Å². The average Bonchev–Trinajstić information content (AvgIpc) is 2.15. The highest BCUT2D eigenvalue weighted by atomic mass is 19.4. The molecule has 0 radical (unpaired) electrons. The van der Waals surface area contributed by atoms with Crippen molar-refractivity contribution in [3.8, 4) is 0 Å². The van der Waals surface area contributed by atoms with E-state index in [9.17, 15) is 35.5 Å². The second kappa shape index (κ2) is 4.77. The predicted molar refractivity (Wildman–Crippen MR) is 46.3 cm³/mol. The number of ether oxygens (including phenoxy) is 1. The van der Waals surface area contributed by atoms with Crippen LogP contribution >= 0.6 is 0 Å². The summed E-state index contributed by atoms with van der Waals surface area (Å²) in [4.78, 5) is 10.6. The van der Waals surface area contributed by atoms with Gasteiger partial charge in [-0.25, -0.2) is 9.18 Å². The molecule has 0 aromatic carbocycles. The molecule has 106 valence electrons. The van der Waals surface area contributed by atoms with E-state index in [0.717, 1.165) is 6.92 Å². The third-order valence-corrected chi connectivity index (χ3v) is 1.85. The molecule has 0 N–H and O–H groups in total. The zero-order valence-corrected chi connectivity index (χ0v) is 9.25. The Morgan fingerprint density at radius 2 is 1.56 bits per heavy atom. The lowest BCUT2D eigenvalue weighted by molar-refractivity contribution is -0.391. The Balaban J connectivity index is 5.32. The van der Waals surface area contributed by atoms with Gasteiger partial charge in [0.05, 0.1) is 0 Å². The molecule has 9 heteroatoms. The maximum atomic E-state index is 12.8. The molecule has 2 nitrogen and oxygen atoms in total. The Labute approximate surface area is 97.4 Å². The van der Waals surface area contributed by atoms with Crippen LogP contribution in [0.3, 0.4) is 0 Å². The molecule has 18 heavy (non-hydrogen) atoms. The van der Waals surface area contributed by atoms with Crippen molar-refractivity contribution in [1.29, 1.82) is 0 Å². The van der Waals surface area contributed by atoms with Gasteiger partial charge < -0.3 is 4.74 Å². The second-order valence-corrected chi connectivity index (χ2v) is 3.50. The molecule has 0 bridgehead atoms. The number of carbonyl (C=O) groups is 1. The van der Waals surface area contributed by atoms with Gasteiger partial charge in [0, 0.05) is 5.57 Å². The minimum atomic E-state index is -6.20. The summed E-state index contributed by atoms with van der Waals surface area (Å²) in [7, 11) is 0. The van der Waals surface area contributed by atoms with Crippen molar-refractivity contribution >= 4 is 5.97 Å². The van der Waals surface area contributed by atoms with Gasteiger partial charge in [-0.15, -0.1) is 0 Å². The van der Waals surface area contributed by atoms with Crippen LogP contribution < -0.4 is 0 Å². The molecule has 0 heterocycles. The van der Waals surface area contributed by atoms with Crippen molar-refractivity contribution in [2.75, 3.05) is 0 Å². The van der Waals surface area contributed by atoms with Crippen LogP contribution in [0.4, 0.5) is 30.7 Å². The Hall–Kier alpha value is -1.28. The fourth-order valence-corrected chi connectivity index (χ4v) is 0.711. The van der Waals surface area contributed by atoms with Gasteiger partial charge in [0.25, 0.3) is 0 Å². The molecule has 0 saturated heterocycles. The topological polar surface area (TPSA) is 26.3 Å². The molecule has 0 spiro atoms. The third kappa shape index (κ3) is 2.75. The number of carbonyl (C=O) groups excluding carboxylic acids is 1.